The molecule has 1 unspecified atom stereocenters. The Hall–Kier alpha value is -0.910. The van der Waals surface area contributed by atoms with Gasteiger partial charge in [0.15, 0.2) is 6.29 Å². The van der Waals surface area contributed by atoms with E-state index in [-0.39, 0.29) is 40.1 Å². The minimum atomic E-state index is -1.55. The van der Waals surface area contributed by atoms with Gasteiger partial charge in [0.25, 0.3) is 0 Å². The molecule has 0 aromatic rings. The molecule has 0 aromatic carbocycles. The molecule has 45 heavy (non-hydrogen) atoms. The molecule has 0 spiro atoms. The number of carbonyl (C=O) groups is 1. The molecular weight excluding hydrogens is 576 g/mol. The highest BCUT2D eigenvalue weighted by Crippen LogP contribution is 2.74. The fourth-order valence-electron chi connectivity index (χ4n) is 10.9. The summed E-state index contributed by atoms with van der Waals surface area (Å²) in [6.45, 7) is 16.2. The summed E-state index contributed by atoms with van der Waals surface area (Å²) >= 11 is 0. The highest BCUT2D eigenvalue weighted by atomic mass is 16.7. The minimum Gasteiger partial charge on any atom is -0.394 e. The molecule has 0 amide bonds. The van der Waals surface area contributed by atoms with Crippen molar-refractivity contribution in [2.75, 3.05) is 6.61 Å². The van der Waals surface area contributed by atoms with E-state index in [1.54, 1.807) is 13.8 Å². The first-order chi connectivity index (χ1) is 20.7. The van der Waals surface area contributed by atoms with Crippen molar-refractivity contribution in [1.29, 1.82) is 0 Å². The Morgan fingerprint density at radius 3 is 2.27 bits per heavy atom. The molecule has 4 aliphatic carbocycles. The highest BCUT2D eigenvalue weighted by molar-refractivity contribution is 5.88. The van der Waals surface area contributed by atoms with E-state index in [1.165, 1.54) is 5.57 Å². The number of hydrogen-bond donors (Lipinski definition) is 6. The summed E-state index contributed by atoms with van der Waals surface area (Å²) in [7, 11) is 0. The summed E-state index contributed by atoms with van der Waals surface area (Å²) in [6, 6.07) is 0. The number of hydrogen-bond acceptors (Lipinski definition) is 9. The van der Waals surface area contributed by atoms with E-state index in [9.17, 15) is 35.4 Å². The Balaban J connectivity index is 1.33. The third kappa shape index (κ3) is 5.40. The standard InChI is InChI=1S/C36H60O9/c1-19(9-14-27(33(4,5)43)45-31-30(42)29(41)28(40)23(18-37)44-31)20-15-16-34(6)24-12-10-21-22(11-13-25(38)32(21,2)3)36(24,8)26(39)17-35(20,34)7/h10,19-20,22-25,27-31,37-38,40-43H,9,11-18H2,1-8H3/t19-,20-,22?,23-,24+,25+,27-,28-,29+,30-,31+,34+,35-,36+/m1/s1. The van der Waals surface area contributed by atoms with Gasteiger partial charge in [-0.15, -0.1) is 0 Å². The van der Waals surface area contributed by atoms with Gasteiger partial charge in [-0.05, 0) is 93.3 Å². The quantitative estimate of drug-likeness (QED) is 0.220. The first-order valence-corrected chi connectivity index (χ1v) is 17.3. The number of fused-ring (bicyclic) bond motifs is 5. The van der Waals surface area contributed by atoms with Crippen LogP contribution in [0.2, 0.25) is 0 Å². The first kappa shape index (κ1) is 35.4. The smallest absolute Gasteiger partial charge is 0.187 e. The van der Waals surface area contributed by atoms with Crippen LogP contribution in [0.15, 0.2) is 11.6 Å². The van der Waals surface area contributed by atoms with Crippen LogP contribution in [0.1, 0.15) is 107 Å². The van der Waals surface area contributed by atoms with Crippen LogP contribution in [-0.2, 0) is 14.3 Å². The minimum absolute atomic E-state index is 0.0146. The van der Waals surface area contributed by atoms with Gasteiger partial charge in [-0.1, -0.05) is 53.2 Å². The zero-order valence-electron chi connectivity index (χ0n) is 28.7. The predicted molar refractivity (Wildman–Crippen MR) is 169 cm³/mol. The van der Waals surface area contributed by atoms with E-state index in [0.29, 0.717) is 24.5 Å². The van der Waals surface area contributed by atoms with E-state index in [2.05, 4.69) is 47.6 Å². The Kier molecular flexibility index (Phi) is 9.36. The van der Waals surface area contributed by atoms with Gasteiger partial charge in [-0.3, -0.25) is 4.79 Å². The van der Waals surface area contributed by atoms with Crippen LogP contribution in [0.25, 0.3) is 0 Å². The molecule has 3 saturated carbocycles. The van der Waals surface area contributed by atoms with Crippen molar-refractivity contribution in [3.8, 4) is 0 Å². The molecule has 14 atom stereocenters. The van der Waals surface area contributed by atoms with E-state index in [4.69, 9.17) is 9.47 Å². The highest BCUT2D eigenvalue weighted by Gasteiger charge is 2.70. The average Bonchev–Trinajstić information content (AvgIpc) is 3.22. The van der Waals surface area contributed by atoms with E-state index in [0.717, 1.165) is 38.5 Å². The largest absolute Gasteiger partial charge is 0.394 e. The van der Waals surface area contributed by atoms with Crippen molar-refractivity contribution in [2.45, 2.75) is 155 Å². The van der Waals surface area contributed by atoms with Crippen LogP contribution in [0.5, 0.6) is 0 Å². The van der Waals surface area contributed by atoms with Gasteiger partial charge in [-0.25, -0.2) is 0 Å². The number of carbonyl (C=O) groups excluding carboxylic acids is 1. The topological polar surface area (TPSA) is 157 Å². The molecule has 9 heteroatoms. The van der Waals surface area contributed by atoms with Gasteiger partial charge in [0.2, 0.25) is 0 Å². The second-order valence-electron chi connectivity index (χ2n) is 17.2. The Labute approximate surface area is 269 Å². The van der Waals surface area contributed by atoms with Crippen LogP contribution >= 0.6 is 0 Å². The molecule has 258 valence electrons. The van der Waals surface area contributed by atoms with Crippen molar-refractivity contribution in [2.24, 2.45) is 45.3 Å². The molecule has 0 aromatic heterocycles. The van der Waals surface area contributed by atoms with Crippen molar-refractivity contribution < 1.29 is 44.9 Å². The number of ether oxygens (including phenoxy) is 2. The van der Waals surface area contributed by atoms with Gasteiger partial charge < -0.3 is 40.1 Å². The third-order valence-corrected chi connectivity index (χ3v) is 14.2. The van der Waals surface area contributed by atoms with Crippen molar-refractivity contribution in [3.05, 3.63) is 11.6 Å². The Morgan fingerprint density at radius 1 is 0.978 bits per heavy atom. The number of allylic oxidation sites excluding steroid dienone is 1. The summed E-state index contributed by atoms with van der Waals surface area (Å²) in [4.78, 5) is 14.5. The van der Waals surface area contributed by atoms with Crippen LogP contribution in [0.4, 0.5) is 0 Å². The van der Waals surface area contributed by atoms with Crippen LogP contribution in [0.3, 0.4) is 0 Å². The molecule has 4 fully saturated rings. The monoisotopic (exact) mass is 636 g/mol. The van der Waals surface area contributed by atoms with Crippen molar-refractivity contribution in [1.82, 2.24) is 0 Å². The summed E-state index contributed by atoms with van der Waals surface area (Å²) in [5, 5.41) is 62.5. The molecule has 9 nitrogen and oxygen atoms in total. The zero-order valence-corrected chi connectivity index (χ0v) is 28.7. The lowest BCUT2D eigenvalue weighted by Gasteiger charge is -2.64. The van der Waals surface area contributed by atoms with Gasteiger partial charge in [0.05, 0.1) is 24.4 Å². The lowest BCUT2D eigenvalue weighted by atomic mass is 9.38. The van der Waals surface area contributed by atoms with Gasteiger partial charge in [0, 0.05) is 17.3 Å². The molecule has 0 bridgehead atoms. The predicted octanol–water partition coefficient (Wildman–Crippen LogP) is 3.50. The molecule has 1 saturated heterocycles. The fraction of sp³-hybridized carbons (Fsp3) is 0.917. The number of ketones is 1. The number of Topliss-reactive ketones (excluding diaryl/α,β-unsaturated/α-hetero) is 1. The summed E-state index contributed by atoms with van der Waals surface area (Å²) < 4.78 is 11.7. The normalized spacial score (nSPS) is 47.7. The number of aliphatic hydroxyl groups excluding tert-OH is 5. The lowest BCUT2D eigenvalue weighted by molar-refractivity contribution is -0.322. The van der Waals surface area contributed by atoms with Gasteiger partial charge in [0.1, 0.15) is 30.2 Å². The second-order valence-corrected chi connectivity index (χ2v) is 17.2. The maximum atomic E-state index is 14.5. The fourth-order valence-corrected chi connectivity index (χ4v) is 10.9. The molecule has 6 N–H and O–H groups in total. The van der Waals surface area contributed by atoms with Crippen LogP contribution in [0, 0.1) is 45.3 Å². The van der Waals surface area contributed by atoms with E-state index >= 15 is 0 Å². The maximum Gasteiger partial charge on any atom is 0.187 e. The second kappa shape index (κ2) is 11.9. The number of rotatable bonds is 8. The third-order valence-electron chi connectivity index (χ3n) is 14.2. The summed E-state index contributed by atoms with van der Waals surface area (Å²) in [5.41, 5.74) is -0.951. The molecular formula is C36H60O9. The maximum absolute atomic E-state index is 14.5. The molecule has 5 rings (SSSR count). The van der Waals surface area contributed by atoms with Crippen molar-refractivity contribution in [3.63, 3.8) is 0 Å². The molecule has 0 radical (unpaired) electrons. The zero-order chi connectivity index (χ0) is 33.5. The van der Waals surface area contributed by atoms with Crippen LogP contribution < -0.4 is 0 Å². The summed E-state index contributed by atoms with van der Waals surface area (Å²) in [6.07, 6.45) is 0.549. The molecule has 1 aliphatic heterocycles. The number of aliphatic hydroxyl groups is 6. The van der Waals surface area contributed by atoms with E-state index < -0.39 is 54.4 Å². The first-order valence-electron chi connectivity index (χ1n) is 17.3. The summed E-state index contributed by atoms with van der Waals surface area (Å²) in [5.74, 6) is 1.32. The molecule has 5 aliphatic rings. The van der Waals surface area contributed by atoms with E-state index in [1.807, 2.05) is 0 Å². The van der Waals surface area contributed by atoms with Crippen molar-refractivity contribution >= 4 is 5.78 Å². The van der Waals surface area contributed by atoms with Gasteiger partial charge in [-0.2, -0.15) is 0 Å². The average molecular weight is 637 g/mol. The Morgan fingerprint density at radius 2 is 1.64 bits per heavy atom. The van der Waals surface area contributed by atoms with Crippen LogP contribution in [-0.4, -0.2) is 91.5 Å². The SMILES string of the molecule is C[C@H](CC[C@@H](O[C@@H]1O[C@H](CO)[C@@H](O)[C@H](O)[C@H]1O)C(C)(C)O)[C@H]1CC[C@@]2(C)[C@@H]3CC=C4C(CC[C@H](O)C4(C)C)[C@]3(C)C(=O)C[C@]12C. The van der Waals surface area contributed by atoms with Gasteiger partial charge >= 0.3 is 0 Å². The lowest BCUT2D eigenvalue weighted by Crippen LogP contribution is -2.63. The molecule has 1 heterocycles. The Bertz CT molecular complexity index is 1140.